The van der Waals surface area contributed by atoms with Gasteiger partial charge < -0.3 is 14.8 Å². The minimum atomic E-state index is -0.442. The number of carbonyl (C=O) groups excluding carboxylic acids is 2. The van der Waals surface area contributed by atoms with Gasteiger partial charge in [0.1, 0.15) is 5.75 Å². The fourth-order valence-electron chi connectivity index (χ4n) is 1.75. The van der Waals surface area contributed by atoms with Gasteiger partial charge in [0.25, 0.3) is 5.91 Å². The van der Waals surface area contributed by atoms with E-state index < -0.39 is 11.9 Å². The predicted molar refractivity (Wildman–Crippen MR) is 88.4 cm³/mol. The van der Waals surface area contributed by atoms with Gasteiger partial charge in [-0.2, -0.15) is 0 Å². The molecule has 0 fully saturated rings. The van der Waals surface area contributed by atoms with Crippen molar-refractivity contribution in [3.8, 4) is 5.75 Å². The van der Waals surface area contributed by atoms with Gasteiger partial charge >= 0.3 is 5.97 Å². The number of esters is 1. The van der Waals surface area contributed by atoms with Crippen molar-refractivity contribution in [3.05, 3.63) is 58.1 Å². The van der Waals surface area contributed by atoms with Crippen molar-refractivity contribution in [2.24, 2.45) is 0 Å². The SMILES string of the molecule is COC(=O)c1ccc(OCC(=O)Nc2c(Cl)cccc2Cl)cc1. The molecule has 7 heteroatoms. The monoisotopic (exact) mass is 353 g/mol. The van der Waals surface area contributed by atoms with Crippen LogP contribution in [0.5, 0.6) is 5.75 Å². The molecule has 0 saturated carbocycles. The first-order valence-corrected chi connectivity index (χ1v) is 7.32. The highest BCUT2D eigenvalue weighted by molar-refractivity contribution is 6.39. The maximum atomic E-state index is 11.9. The number of para-hydroxylation sites is 1. The van der Waals surface area contributed by atoms with Gasteiger partial charge in [0.05, 0.1) is 28.4 Å². The van der Waals surface area contributed by atoms with E-state index in [1.165, 1.54) is 7.11 Å². The maximum Gasteiger partial charge on any atom is 0.337 e. The average Bonchev–Trinajstić information content (AvgIpc) is 2.56. The van der Waals surface area contributed by atoms with Gasteiger partial charge in [-0.3, -0.25) is 4.79 Å². The van der Waals surface area contributed by atoms with Crippen molar-refractivity contribution in [3.63, 3.8) is 0 Å². The van der Waals surface area contributed by atoms with Crippen molar-refractivity contribution < 1.29 is 19.1 Å². The van der Waals surface area contributed by atoms with Gasteiger partial charge in [-0.15, -0.1) is 0 Å². The molecule has 0 atom stereocenters. The molecule has 0 saturated heterocycles. The van der Waals surface area contributed by atoms with Gasteiger partial charge in [-0.05, 0) is 36.4 Å². The number of hydrogen-bond donors (Lipinski definition) is 1. The summed E-state index contributed by atoms with van der Waals surface area (Å²) < 4.78 is 9.93. The molecular weight excluding hydrogens is 341 g/mol. The van der Waals surface area contributed by atoms with Gasteiger partial charge in [-0.25, -0.2) is 4.79 Å². The lowest BCUT2D eigenvalue weighted by atomic mass is 10.2. The summed E-state index contributed by atoms with van der Waals surface area (Å²) in [6, 6.07) is 11.2. The summed E-state index contributed by atoms with van der Waals surface area (Å²) in [5.74, 6) is -0.405. The normalized spacial score (nSPS) is 10.0. The summed E-state index contributed by atoms with van der Waals surface area (Å²) in [5, 5.41) is 3.27. The smallest absolute Gasteiger partial charge is 0.337 e. The van der Waals surface area contributed by atoms with Gasteiger partial charge in [0, 0.05) is 0 Å². The van der Waals surface area contributed by atoms with Crippen LogP contribution in [-0.4, -0.2) is 25.6 Å². The Morgan fingerprint density at radius 1 is 1.04 bits per heavy atom. The van der Waals surface area contributed by atoms with Gasteiger partial charge in [-0.1, -0.05) is 29.3 Å². The summed E-state index contributed by atoms with van der Waals surface area (Å²) in [4.78, 5) is 23.2. The third kappa shape index (κ3) is 4.61. The molecule has 0 spiro atoms. The van der Waals surface area contributed by atoms with E-state index in [1.807, 2.05) is 0 Å². The predicted octanol–water partition coefficient (Wildman–Crippen LogP) is 3.80. The molecule has 1 N–H and O–H groups in total. The molecule has 5 nitrogen and oxygen atoms in total. The zero-order chi connectivity index (χ0) is 16.8. The zero-order valence-electron chi connectivity index (χ0n) is 12.1. The van der Waals surface area contributed by atoms with Crippen LogP contribution in [0, 0.1) is 0 Å². The van der Waals surface area contributed by atoms with Crippen LogP contribution in [0.25, 0.3) is 0 Å². The largest absolute Gasteiger partial charge is 0.484 e. The molecule has 0 aromatic heterocycles. The van der Waals surface area contributed by atoms with Gasteiger partial charge in [0.15, 0.2) is 6.61 Å². The summed E-state index contributed by atoms with van der Waals surface area (Å²) in [6.07, 6.45) is 0. The van der Waals surface area contributed by atoms with E-state index in [1.54, 1.807) is 42.5 Å². The number of carbonyl (C=O) groups is 2. The molecule has 2 rings (SSSR count). The van der Waals surface area contributed by atoms with Crippen LogP contribution in [0.15, 0.2) is 42.5 Å². The number of ether oxygens (including phenoxy) is 2. The first-order chi connectivity index (χ1) is 11.0. The number of amides is 1. The summed E-state index contributed by atoms with van der Waals surface area (Å²) in [6.45, 7) is -0.223. The Morgan fingerprint density at radius 3 is 2.22 bits per heavy atom. The second kappa shape index (κ2) is 7.85. The minimum absolute atomic E-state index is 0.223. The molecule has 2 aromatic carbocycles. The van der Waals surface area contributed by atoms with Crippen molar-refractivity contribution in [1.29, 1.82) is 0 Å². The molecule has 120 valence electrons. The lowest BCUT2D eigenvalue weighted by Crippen LogP contribution is -2.20. The molecule has 0 unspecified atom stereocenters. The Kier molecular flexibility index (Phi) is 5.84. The highest BCUT2D eigenvalue weighted by atomic mass is 35.5. The summed E-state index contributed by atoms with van der Waals surface area (Å²) in [7, 11) is 1.30. The Morgan fingerprint density at radius 2 is 1.65 bits per heavy atom. The first-order valence-electron chi connectivity index (χ1n) is 6.56. The molecular formula is C16H13Cl2NO4. The standard InChI is InChI=1S/C16H13Cl2NO4/c1-22-16(21)10-5-7-11(8-6-10)23-9-14(20)19-15-12(17)3-2-4-13(15)18/h2-8H,9H2,1H3,(H,19,20). The van der Waals surface area contributed by atoms with Crippen molar-refractivity contribution in [2.75, 3.05) is 19.0 Å². The number of halogens is 2. The Hall–Kier alpha value is -2.24. The average molecular weight is 354 g/mol. The van der Waals surface area contributed by atoms with Crippen LogP contribution >= 0.6 is 23.2 Å². The fourth-order valence-corrected chi connectivity index (χ4v) is 2.24. The molecule has 0 heterocycles. The van der Waals surface area contributed by atoms with Crippen LogP contribution in [0.3, 0.4) is 0 Å². The van der Waals surface area contributed by atoms with Crippen LogP contribution < -0.4 is 10.1 Å². The number of rotatable bonds is 5. The molecule has 23 heavy (non-hydrogen) atoms. The second-order valence-corrected chi connectivity index (χ2v) is 5.26. The fraction of sp³-hybridized carbons (Fsp3) is 0.125. The number of anilines is 1. The lowest BCUT2D eigenvalue weighted by Gasteiger charge is -2.10. The Balaban J connectivity index is 1.93. The minimum Gasteiger partial charge on any atom is -0.484 e. The molecule has 2 aromatic rings. The third-order valence-electron chi connectivity index (χ3n) is 2.87. The quantitative estimate of drug-likeness (QED) is 0.830. The highest BCUT2D eigenvalue weighted by Crippen LogP contribution is 2.29. The van der Waals surface area contributed by atoms with Crippen LogP contribution in [0.1, 0.15) is 10.4 Å². The molecule has 0 aliphatic carbocycles. The zero-order valence-corrected chi connectivity index (χ0v) is 13.6. The van der Waals surface area contributed by atoms with Crippen molar-refractivity contribution in [1.82, 2.24) is 0 Å². The number of hydrogen-bond acceptors (Lipinski definition) is 4. The molecule has 1 amide bonds. The van der Waals surface area contributed by atoms with E-state index in [0.717, 1.165) is 0 Å². The van der Waals surface area contributed by atoms with E-state index in [-0.39, 0.29) is 6.61 Å². The van der Waals surface area contributed by atoms with Crippen molar-refractivity contribution in [2.45, 2.75) is 0 Å². The Labute approximate surface area is 143 Å². The van der Waals surface area contributed by atoms with Crippen LogP contribution in [-0.2, 0) is 9.53 Å². The number of nitrogens with one attached hydrogen (secondary N) is 1. The van der Waals surface area contributed by atoms with Gasteiger partial charge in [0.2, 0.25) is 0 Å². The Bertz CT molecular complexity index is 696. The van der Waals surface area contributed by atoms with E-state index in [4.69, 9.17) is 27.9 Å². The lowest BCUT2D eigenvalue weighted by molar-refractivity contribution is -0.118. The highest BCUT2D eigenvalue weighted by Gasteiger charge is 2.10. The topological polar surface area (TPSA) is 64.6 Å². The van der Waals surface area contributed by atoms with Crippen LogP contribution in [0.2, 0.25) is 10.0 Å². The third-order valence-corrected chi connectivity index (χ3v) is 3.50. The summed E-state index contributed by atoms with van der Waals surface area (Å²) in [5.41, 5.74) is 0.734. The van der Waals surface area contributed by atoms with E-state index in [2.05, 4.69) is 10.1 Å². The van der Waals surface area contributed by atoms with E-state index >= 15 is 0 Å². The summed E-state index contributed by atoms with van der Waals surface area (Å²) >= 11 is 11.9. The van der Waals surface area contributed by atoms with E-state index in [0.29, 0.717) is 27.0 Å². The molecule has 0 aliphatic heterocycles. The second-order valence-electron chi connectivity index (χ2n) is 4.45. The molecule has 0 bridgehead atoms. The number of benzene rings is 2. The first kappa shape index (κ1) is 17.1. The van der Waals surface area contributed by atoms with Crippen LogP contribution in [0.4, 0.5) is 5.69 Å². The maximum absolute atomic E-state index is 11.9. The van der Waals surface area contributed by atoms with Crippen molar-refractivity contribution >= 4 is 40.8 Å². The van der Waals surface area contributed by atoms with E-state index in [9.17, 15) is 9.59 Å². The molecule has 0 aliphatic rings. The number of methoxy groups -OCH3 is 1. The molecule has 0 radical (unpaired) electrons.